The fourth-order valence-electron chi connectivity index (χ4n) is 1.22. The highest BCUT2D eigenvalue weighted by molar-refractivity contribution is 5.48. The van der Waals surface area contributed by atoms with E-state index in [1.807, 2.05) is 4.40 Å². The Morgan fingerprint density at radius 1 is 1.33 bits per heavy atom. The number of fused-ring (bicyclic) bond motifs is 1. The maximum absolute atomic E-state index is 3.81. The average molecular weight is 161 g/mol. The van der Waals surface area contributed by atoms with Gasteiger partial charge in [-0.2, -0.15) is 5.10 Å². The van der Waals surface area contributed by atoms with Crippen molar-refractivity contribution in [3.8, 4) is 0 Å². The van der Waals surface area contributed by atoms with Gasteiger partial charge in [0.25, 0.3) is 0 Å². The molecule has 0 aliphatic carbocycles. The van der Waals surface area contributed by atoms with Crippen LogP contribution in [0.25, 0.3) is 5.52 Å². The molecule has 0 spiro atoms. The summed E-state index contributed by atoms with van der Waals surface area (Å²) in [7, 11) is 0. The molecular formula is C9H11N3. The van der Waals surface area contributed by atoms with E-state index in [1.165, 1.54) is 5.56 Å². The second kappa shape index (κ2) is 2.59. The van der Waals surface area contributed by atoms with Crippen LogP contribution in [-0.4, -0.2) is 14.6 Å². The van der Waals surface area contributed by atoms with Crippen LogP contribution in [0.1, 0.15) is 25.3 Å². The molecule has 2 heterocycles. The molecule has 3 heteroatoms. The smallest absolute Gasteiger partial charge is 0.122 e. The van der Waals surface area contributed by atoms with Gasteiger partial charge in [-0.15, -0.1) is 5.10 Å². The summed E-state index contributed by atoms with van der Waals surface area (Å²) in [5, 5.41) is 7.61. The van der Waals surface area contributed by atoms with E-state index < -0.39 is 0 Å². The van der Waals surface area contributed by atoms with E-state index in [0.29, 0.717) is 5.92 Å². The molecule has 0 bridgehead atoms. The number of nitrogens with zero attached hydrogens (tertiary/aromatic N) is 3. The van der Waals surface area contributed by atoms with Crippen molar-refractivity contribution >= 4 is 5.52 Å². The Morgan fingerprint density at radius 3 is 2.83 bits per heavy atom. The highest BCUT2D eigenvalue weighted by Crippen LogP contribution is 2.16. The molecule has 2 aromatic rings. The fourth-order valence-corrected chi connectivity index (χ4v) is 1.22. The zero-order chi connectivity index (χ0) is 8.55. The zero-order valence-corrected chi connectivity index (χ0v) is 7.23. The molecule has 12 heavy (non-hydrogen) atoms. The van der Waals surface area contributed by atoms with Gasteiger partial charge in [-0.25, -0.2) is 0 Å². The maximum Gasteiger partial charge on any atom is 0.122 e. The number of aromatic nitrogens is 3. The number of rotatable bonds is 1. The molecule has 0 aromatic carbocycles. The summed E-state index contributed by atoms with van der Waals surface area (Å²) in [5.74, 6) is 0.560. The van der Waals surface area contributed by atoms with Crippen molar-refractivity contribution in [1.29, 1.82) is 0 Å². The van der Waals surface area contributed by atoms with E-state index in [2.05, 4.69) is 36.3 Å². The minimum atomic E-state index is 0.560. The average Bonchev–Trinajstić information content (AvgIpc) is 2.46. The van der Waals surface area contributed by atoms with Crippen molar-refractivity contribution in [3.05, 3.63) is 30.4 Å². The van der Waals surface area contributed by atoms with Crippen LogP contribution >= 0.6 is 0 Å². The molecule has 0 atom stereocenters. The first-order valence-corrected chi connectivity index (χ1v) is 4.05. The molecule has 2 aromatic heterocycles. The van der Waals surface area contributed by atoms with Gasteiger partial charge in [-0.05, 0) is 17.5 Å². The van der Waals surface area contributed by atoms with Gasteiger partial charge in [0.1, 0.15) is 6.33 Å². The van der Waals surface area contributed by atoms with Crippen LogP contribution in [-0.2, 0) is 0 Å². The minimum Gasteiger partial charge on any atom is -0.304 e. The lowest BCUT2D eigenvalue weighted by Gasteiger charge is -1.96. The molecule has 0 aliphatic rings. The molecule has 0 unspecified atom stereocenters. The second-order valence-corrected chi connectivity index (χ2v) is 3.24. The molecule has 0 aliphatic heterocycles. The van der Waals surface area contributed by atoms with Gasteiger partial charge in [0.2, 0.25) is 0 Å². The van der Waals surface area contributed by atoms with Crippen molar-refractivity contribution in [2.75, 3.05) is 0 Å². The summed E-state index contributed by atoms with van der Waals surface area (Å²) in [6.07, 6.45) is 5.59. The Morgan fingerprint density at radius 2 is 2.17 bits per heavy atom. The molecule has 0 saturated carbocycles. The lowest BCUT2D eigenvalue weighted by atomic mass is 10.1. The van der Waals surface area contributed by atoms with Crippen molar-refractivity contribution < 1.29 is 0 Å². The summed E-state index contributed by atoms with van der Waals surface area (Å²) in [4.78, 5) is 0. The van der Waals surface area contributed by atoms with Gasteiger partial charge in [0, 0.05) is 6.20 Å². The summed E-state index contributed by atoms with van der Waals surface area (Å²) in [6, 6.07) is 2.14. The van der Waals surface area contributed by atoms with E-state index >= 15 is 0 Å². The number of hydrogen-bond acceptors (Lipinski definition) is 2. The van der Waals surface area contributed by atoms with Crippen LogP contribution in [0.2, 0.25) is 0 Å². The maximum atomic E-state index is 3.81. The predicted octanol–water partition coefficient (Wildman–Crippen LogP) is 1.85. The molecule has 0 radical (unpaired) electrons. The van der Waals surface area contributed by atoms with Crippen LogP contribution in [0.3, 0.4) is 0 Å². The summed E-state index contributed by atoms with van der Waals surface area (Å²) < 4.78 is 1.99. The predicted molar refractivity (Wildman–Crippen MR) is 47.1 cm³/mol. The normalized spacial score (nSPS) is 11.2. The van der Waals surface area contributed by atoms with E-state index in [4.69, 9.17) is 0 Å². The standard InChI is InChI=1S/C9H11N3/c1-7(2)8-3-9-4-10-11-6-12(9)5-8/h3-7H,1-2H3. The van der Waals surface area contributed by atoms with Crippen LogP contribution in [0.5, 0.6) is 0 Å². The van der Waals surface area contributed by atoms with E-state index in [0.717, 1.165) is 5.52 Å². The van der Waals surface area contributed by atoms with Gasteiger partial charge < -0.3 is 4.40 Å². The van der Waals surface area contributed by atoms with Gasteiger partial charge >= 0.3 is 0 Å². The molecule has 0 N–H and O–H groups in total. The quantitative estimate of drug-likeness (QED) is 0.639. The molecule has 2 rings (SSSR count). The molecule has 0 amide bonds. The lowest BCUT2D eigenvalue weighted by molar-refractivity contribution is 0.862. The van der Waals surface area contributed by atoms with Gasteiger partial charge in [-0.3, -0.25) is 0 Å². The van der Waals surface area contributed by atoms with Crippen molar-refractivity contribution in [1.82, 2.24) is 14.6 Å². The highest BCUT2D eigenvalue weighted by Gasteiger charge is 2.02. The van der Waals surface area contributed by atoms with Crippen molar-refractivity contribution in [2.45, 2.75) is 19.8 Å². The topological polar surface area (TPSA) is 30.2 Å². The Hall–Kier alpha value is -1.38. The van der Waals surface area contributed by atoms with Crippen LogP contribution in [0.15, 0.2) is 24.8 Å². The Balaban J connectivity index is 2.62. The first-order valence-electron chi connectivity index (χ1n) is 4.05. The minimum absolute atomic E-state index is 0.560. The van der Waals surface area contributed by atoms with Crippen LogP contribution < -0.4 is 0 Å². The monoisotopic (exact) mass is 161 g/mol. The second-order valence-electron chi connectivity index (χ2n) is 3.24. The molecular weight excluding hydrogens is 150 g/mol. The molecule has 3 nitrogen and oxygen atoms in total. The third kappa shape index (κ3) is 1.07. The summed E-state index contributed by atoms with van der Waals surface area (Å²) in [5.41, 5.74) is 2.43. The Bertz CT molecular complexity index is 356. The third-order valence-corrected chi connectivity index (χ3v) is 2.00. The van der Waals surface area contributed by atoms with Crippen molar-refractivity contribution in [2.24, 2.45) is 0 Å². The molecule has 0 saturated heterocycles. The first-order chi connectivity index (χ1) is 5.77. The number of hydrogen-bond donors (Lipinski definition) is 0. The van der Waals surface area contributed by atoms with Gasteiger partial charge in [0.05, 0.1) is 11.7 Å². The summed E-state index contributed by atoms with van der Waals surface area (Å²) in [6.45, 7) is 4.35. The van der Waals surface area contributed by atoms with Crippen LogP contribution in [0.4, 0.5) is 0 Å². The molecule has 0 fully saturated rings. The highest BCUT2D eigenvalue weighted by atomic mass is 15.1. The zero-order valence-electron chi connectivity index (χ0n) is 7.23. The Labute approximate surface area is 71.1 Å². The molecule has 62 valence electrons. The largest absolute Gasteiger partial charge is 0.304 e. The third-order valence-electron chi connectivity index (χ3n) is 2.00. The van der Waals surface area contributed by atoms with E-state index in [-0.39, 0.29) is 0 Å². The van der Waals surface area contributed by atoms with Gasteiger partial charge in [0.15, 0.2) is 0 Å². The first kappa shape index (κ1) is 7.28. The van der Waals surface area contributed by atoms with E-state index in [9.17, 15) is 0 Å². The lowest BCUT2D eigenvalue weighted by Crippen LogP contribution is -1.85. The SMILES string of the molecule is CC(C)c1cc2cnncn2c1. The van der Waals surface area contributed by atoms with Gasteiger partial charge in [-0.1, -0.05) is 13.8 Å². The van der Waals surface area contributed by atoms with Crippen LogP contribution in [0, 0.1) is 0 Å². The van der Waals surface area contributed by atoms with Crippen molar-refractivity contribution in [3.63, 3.8) is 0 Å². The van der Waals surface area contributed by atoms with E-state index in [1.54, 1.807) is 12.5 Å². The summed E-state index contributed by atoms with van der Waals surface area (Å²) >= 11 is 0. The fraction of sp³-hybridized carbons (Fsp3) is 0.333. The Kier molecular flexibility index (Phi) is 1.57.